The van der Waals surface area contributed by atoms with E-state index in [0.717, 1.165) is 23.1 Å². The highest BCUT2D eigenvalue weighted by atomic mass is 32.2. The molecule has 2 aliphatic heterocycles. The third-order valence-electron chi connectivity index (χ3n) is 7.84. The van der Waals surface area contributed by atoms with Gasteiger partial charge in [0, 0.05) is 13.1 Å². The molecule has 2 aliphatic rings. The number of rotatable bonds is 15. The SMILES string of the molecule is CCN(CC)CCCCN1C(=O)N(CCN(CC)CC)OC(=O)CC2(O)CC(=O)OC1(CS(=O)(=O)c1ccccc1)OC2=O.O. The van der Waals surface area contributed by atoms with Crippen LogP contribution in [0.15, 0.2) is 35.2 Å². The molecular weight excluding hydrogens is 612 g/mol. The number of aliphatic hydroxyl groups is 1. The lowest BCUT2D eigenvalue weighted by molar-refractivity contribution is -0.271. The molecule has 0 saturated carbocycles. The number of unbranched alkanes of at least 4 members (excludes halogenated alkanes) is 1. The third-order valence-corrected chi connectivity index (χ3v) is 9.57. The molecule has 0 spiro atoms. The van der Waals surface area contributed by atoms with Crippen molar-refractivity contribution in [1.29, 1.82) is 0 Å². The Morgan fingerprint density at radius 1 is 0.822 bits per heavy atom. The van der Waals surface area contributed by atoms with Crippen LogP contribution in [0.1, 0.15) is 53.4 Å². The summed E-state index contributed by atoms with van der Waals surface area (Å²) in [4.78, 5) is 63.9. The van der Waals surface area contributed by atoms with Crippen molar-refractivity contribution in [3.8, 4) is 0 Å². The molecule has 2 unspecified atom stereocenters. The summed E-state index contributed by atoms with van der Waals surface area (Å²) < 4.78 is 38.6. The van der Waals surface area contributed by atoms with Gasteiger partial charge in [0.05, 0.1) is 24.3 Å². The number of sulfone groups is 1. The van der Waals surface area contributed by atoms with Gasteiger partial charge in [-0.2, -0.15) is 5.06 Å². The summed E-state index contributed by atoms with van der Waals surface area (Å²) in [6.45, 7) is 11.3. The standard InChI is InChI=1S/C29H44N4O10S.H2O/c1-5-30(6-2)16-12-13-17-32-27(37)33(19-18-31(7-3)8-4)43-25(35)21-28(38)20-24(34)41-29(32,42-26(28)36)22-44(39,40)23-14-10-9-11-15-23;/h9-11,14-15,38H,5-8,12-13,16-22H2,1-4H3;1H2. The fraction of sp³-hybridized carbons (Fsp3) is 0.655. The molecule has 2 bridgehead atoms. The van der Waals surface area contributed by atoms with Crippen LogP contribution in [-0.4, -0.2) is 132 Å². The maximum atomic E-state index is 14.3. The average molecular weight is 659 g/mol. The van der Waals surface area contributed by atoms with Crippen molar-refractivity contribution in [2.24, 2.45) is 0 Å². The van der Waals surface area contributed by atoms with Crippen LogP contribution in [-0.2, 0) is 38.5 Å². The summed E-state index contributed by atoms with van der Waals surface area (Å²) in [5.74, 6) is -7.83. The highest BCUT2D eigenvalue weighted by Gasteiger charge is 2.60. The predicted octanol–water partition coefficient (Wildman–Crippen LogP) is 0.560. The second kappa shape index (κ2) is 16.3. The average Bonchev–Trinajstić information content (AvgIpc) is 3.07. The Bertz CT molecular complexity index is 1270. The van der Waals surface area contributed by atoms with Crippen LogP contribution >= 0.6 is 0 Å². The van der Waals surface area contributed by atoms with Crippen molar-refractivity contribution in [1.82, 2.24) is 19.8 Å². The molecule has 2 amide bonds. The van der Waals surface area contributed by atoms with E-state index in [9.17, 15) is 32.7 Å². The van der Waals surface area contributed by atoms with Gasteiger partial charge in [0.15, 0.2) is 21.2 Å². The van der Waals surface area contributed by atoms with Crippen molar-refractivity contribution in [3.63, 3.8) is 0 Å². The lowest BCUT2D eigenvalue weighted by atomic mass is 9.96. The number of carbonyl (C=O) groups is 4. The summed E-state index contributed by atoms with van der Waals surface area (Å²) in [7, 11) is -4.38. The Labute approximate surface area is 264 Å². The normalized spacial score (nSPS) is 22.6. The van der Waals surface area contributed by atoms with Crippen LogP contribution in [0, 0.1) is 0 Å². The summed E-state index contributed by atoms with van der Waals surface area (Å²) in [6.07, 6.45) is -1.20. The number of hydrogen-bond acceptors (Lipinski definition) is 12. The van der Waals surface area contributed by atoms with Crippen molar-refractivity contribution in [2.45, 2.75) is 69.8 Å². The highest BCUT2D eigenvalue weighted by molar-refractivity contribution is 7.91. The predicted molar refractivity (Wildman–Crippen MR) is 161 cm³/mol. The molecule has 0 radical (unpaired) electrons. The number of likely N-dealkylation sites (N-methyl/N-ethyl adjacent to an activating group) is 1. The number of urea groups is 1. The molecule has 1 aromatic rings. The zero-order valence-corrected chi connectivity index (χ0v) is 27.2. The van der Waals surface area contributed by atoms with E-state index in [1.54, 1.807) is 6.07 Å². The molecule has 45 heavy (non-hydrogen) atoms. The first-order valence-electron chi connectivity index (χ1n) is 15.0. The molecule has 0 aliphatic carbocycles. The first-order chi connectivity index (χ1) is 20.8. The van der Waals surface area contributed by atoms with Gasteiger partial charge in [0.1, 0.15) is 0 Å². The van der Waals surface area contributed by atoms with Gasteiger partial charge < -0.3 is 34.7 Å². The largest absolute Gasteiger partial charge is 0.412 e. The molecule has 2 fully saturated rings. The van der Waals surface area contributed by atoms with Crippen LogP contribution in [0.2, 0.25) is 0 Å². The number of amides is 2. The number of nitrogens with zero attached hydrogens (tertiary/aromatic N) is 4. The van der Waals surface area contributed by atoms with E-state index >= 15 is 0 Å². The summed E-state index contributed by atoms with van der Waals surface area (Å²) in [5, 5.41) is 11.9. The Kier molecular flexibility index (Phi) is 13.7. The van der Waals surface area contributed by atoms with Crippen molar-refractivity contribution in [2.75, 3.05) is 58.1 Å². The third kappa shape index (κ3) is 9.36. The Morgan fingerprint density at radius 3 is 2.00 bits per heavy atom. The molecule has 16 heteroatoms. The van der Waals surface area contributed by atoms with Crippen molar-refractivity contribution >= 4 is 33.8 Å². The molecule has 15 nitrogen and oxygen atoms in total. The number of fused-ring (bicyclic) bond motifs is 3. The van der Waals surface area contributed by atoms with E-state index in [1.807, 2.05) is 32.6 Å². The molecule has 2 heterocycles. The summed E-state index contributed by atoms with van der Waals surface area (Å²) >= 11 is 0. The van der Waals surface area contributed by atoms with Gasteiger partial charge >= 0.3 is 29.9 Å². The molecule has 0 aromatic heterocycles. The van der Waals surface area contributed by atoms with Crippen LogP contribution in [0.5, 0.6) is 0 Å². The van der Waals surface area contributed by atoms with E-state index in [1.165, 1.54) is 24.3 Å². The zero-order chi connectivity index (χ0) is 32.5. The number of carbonyl (C=O) groups excluding carboxylic acids is 4. The minimum atomic E-state index is -4.38. The second-order valence-electron chi connectivity index (χ2n) is 10.8. The molecule has 2 atom stereocenters. The van der Waals surface area contributed by atoms with Crippen LogP contribution in [0.25, 0.3) is 0 Å². The van der Waals surface area contributed by atoms with E-state index in [0.29, 0.717) is 26.1 Å². The maximum absolute atomic E-state index is 14.3. The van der Waals surface area contributed by atoms with Gasteiger partial charge in [0.25, 0.3) is 0 Å². The van der Waals surface area contributed by atoms with E-state index in [4.69, 9.17) is 14.3 Å². The molecule has 2 saturated heterocycles. The van der Waals surface area contributed by atoms with Crippen LogP contribution < -0.4 is 0 Å². The van der Waals surface area contributed by atoms with E-state index in [2.05, 4.69) is 4.90 Å². The molecule has 3 rings (SSSR count). The fourth-order valence-electron chi connectivity index (χ4n) is 5.16. The lowest BCUT2D eigenvalue weighted by Gasteiger charge is -2.42. The van der Waals surface area contributed by atoms with E-state index in [-0.39, 0.29) is 36.4 Å². The smallest absolute Gasteiger partial charge is 0.361 e. The molecule has 3 N–H and O–H groups in total. The highest BCUT2D eigenvalue weighted by Crippen LogP contribution is 2.35. The van der Waals surface area contributed by atoms with Crippen molar-refractivity contribution < 1.29 is 52.5 Å². The van der Waals surface area contributed by atoms with E-state index < -0.39 is 63.9 Å². The number of hydrogen-bond donors (Lipinski definition) is 1. The van der Waals surface area contributed by atoms with Gasteiger partial charge in [0.2, 0.25) is 0 Å². The monoisotopic (exact) mass is 658 g/mol. The van der Waals surface area contributed by atoms with Crippen LogP contribution in [0.4, 0.5) is 4.79 Å². The minimum Gasteiger partial charge on any atom is -0.412 e. The molecular formula is C29H46N4O11S. The number of benzene rings is 1. The number of ether oxygens (including phenoxy) is 2. The quantitative estimate of drug-likeness (QED) is 0.204. The van der Waals surface area contributed by atoms with Gasteiger partial charge in [-0.1, -0.05) is 45.9 Å². The Balaban J connectivity index is 0.00000705. The van der Waals surface area contributed by atoms with Gasteiger partial charge in [-0.3, -0.25) is 4.79 Å². The first kappa shape index (κ1) is 37.9. The minimum absolute atomic E-state index is 0. The van der Waals surface area contributed by atoms with Gasteiger partial charge in [-0.05, 0) is 57.7 Å². The Hall–Kier alpha value is -3.31. The fourth-order valence-corrected chi connectivity index (χ4v) is 6.65. The first-order valence-corrected chi connectivity index (χ1v) is 16.7. The zero-order valence-electron chi connectivity index (χ0n) is 26.4. The molecule has 1 aromatic carbocycles. The Morgan fingerprint density at radius 2 is 1.40 bits per heavy atom. The van der Waals surface area contributed by atoms with Crippen molar-refractivity contribution in [3.05, 3.63) is 30.3 Å². The lowest BCUT2D eigenvalue weighted by Crippen LogP contribution is -2.64. The molecule has 254 valence electrons. The number of esters is 2. The maximum Gasteiger partial charge on any atom is 0.361 e. The summed E-state index contributed by atoms with van der Waals surface area (Å²) in [6, 6.07) is 6.19. The van der Waals surface area contributed by atoms with Gasteiger partial charge in [-0.15, -0.1) is 0 Å². The summed E-state index contributed by atoms with van der Waals surface area (Å²) in [5.41, 5.74) is -2.72. The van der Waals surface area contributed by atoms with Gasteiger partial charge in [-0.25, -0.2) is 27.7 Å². The topological polar surface area (TPSA) is 195 Å². The number of hydroxylamine groups is 2. The second-order valence-corrected chi connectivity index (χ2v) is 12.8. The van der Waals surface area contributed by atoms with Crippen LogP contribution in [0.3, 0.4) is 0 Å².